The van der Waals surface area contributed by atoms with Crippen LogP contribution in [-0.2, 0) is 10.9 Å². The molecule has 0 atom stereocenters. The molecule has 1 saturated carbocycles. The monoisotopic (exact) mass is 355 g/mol. The number of fused-ring (bicyclic) bond motifs is 1. The Morgan fingerprint density at radius 2 is 2.04 bits per heavy atom. The fraction of sp³-hybridized carbons (Fsp3) is 0.412. The van der Waals surface area contributed by atoms with Gasteiger partial charge in [0.25, 0.3) is 0 Å². The lowest BCUT2D eigenvalue weighted by molar-refractivity contribution is -0.136. The van der Waals surface area contributed by atoms with Crippen LogP contribution < -0.4 is 10.2 Å². The highest BCUT2D eigenvalue weighted by Crippen LogP contribution is 2.37. The van der Waals surface area contributed by atoms with Gasteiger partial charge in [0.1, 0.15) is 11.3 Å². The minimum Gasteiger partial charge on any atom is -0.493 e. The summed E-state index contributed by atoms with van der Waals surface area (Å²) in [5.74, 6) is -0.587. The van der Waals surface area contributed by atoms with Crippen LogP contribution in [0, 0.1) is 5.92 Å². The third-order valence-electron chi connectivity index (χ3n) is 3.95. The number of ether oxygens (including phenoxy) is 2. The molecule has 1 heterocycles. The molecule has 0 radical (unpaired) electrons. The quantitative estimate of drug-likeness (QED) is 0.834. The fourth-order valence-electron chi connectivity index (χ4n) is 2.47. The third kappa shape index (κ3) is 3.62. The number of nitrogens with one attached hydrogen (secondary N) is 1. The molecule has 1 aromatic heterocycles. The number of aromatic amines is 1. The van der Waals surface area contributed by atoms with E-state index in [1.54, 1.807) is 6.92 Å². The van der Waals surface area contributed by atoms with Gasteiger partial charge in [0.05, 0.1) is 29.7 Å². The van der Waals surface area contributed by atoms with Gasteiger partial charge in [0.15, 0.2) is 0 Å². The smallest absolute Gasteiger partial charge is 0.418 e. The Bertz CT molecular complexity index is 869. The van der Waals surface area contributed by atoms with Crippen molar-refractivity contribution in [1.29, 1.82) is 0 Å². The number of halogens is 3. The van der Waals surface area contributed by atoms with Crippen molar-refractivity contribution in [3.63, 3.8) is 0 Å². The van der Waals surface area contributed by atoms with Crippen LogP contribution in [0.5, 0.6) is 5.75 Å². The van der Waals surface area contributed by atoms with Crippen molar-refractivity contribution in [2.24, 2.45) is 5.92 Å². The molecule has 0 spiro atoms. The Morgan fingerprint density at radius 3 is 2.64 bits per heavy atom. The van der Waals surface area contributed by atoms with Crippen LogP contribution in [0.25, 0.3) is 10.9 Å². The highest BCUT2D eigenvalue weighted by molar-refractivity contribution is 5.94. The van der Waals surface area contributed by atoms with Gasteiger partial charge in [-0.2, -0.15) is 13.2 Å². The average molecular weight is 355 g/mol. The average Bonchev–Trinajstić information content (AvgIpc) is 3.36. The van der Waals surface area contributed by atoms with E-state index in [9.17, 15) is 22.8 Å². The van der Waals surface area contributed by atoms with E-state index in [0.29, 0.717) is 12.5 Å². The summed E-state index contributed by atoms with van der Waals surface area (Å²) in [6.07, 6.45) is -1.77. The fourth-order valence-corrected chi connectivity index (χ4v) is 2.47. The zero-order chi connectivity index (χ0) is 18.2. The highest BCUT2D eigenvalue weighted by Gasteiger charge is 2.35. The maximum absolute atomic E-state index is 13.4. The molecule has 0 saturated heterocycles. The van der Waals surface area contributed by atoms with E-state index in [4.69, 9.17) is 9.47 Å². The van der Waals surface area contributed by atoms with E-state index in [1.165, 1.54) is 6.07 Å². The molecule has 1 aromatic carbocycles. The van der Waals surface area contributed by atoms with Crippen molar-refractivity contribution in [3.05, 3.63) is 39.7 Å². The second-order valence-corrected chi connectivity index (χ2v) is 5.90. The molecular formula is C17H16F3NO4. The zero-order valence-electron chi connectivity index (χ0n) is 13.4. The number of hydrogen-bond acceptors (Lipinski definition) is 4. The standard InChI is InChI=1S/C17H16F3NO4/c1-2-24-16(23)12-7-21-14-11(15(12)22)5-10(25-8-9-3-4-9)6-13(14)17(18,19)20/h5-7,9H,2-4,8H2,1H3,(H,21,22). The molecule has 2 aromatic rings. The number of hydrogen-bond donors (Lipinski definition) is 1. The molecule has 0 bridgehead atoms. The molecular weight excluding hydrogens is 339 g/mol. The Hall–Kier alpha value is -2.51. The van der Waals surface area contributed by atoms with Crippen LogP contribution in [0.3, 0.4) is 0 Å². The van der Waals surface area contributed by atoms with Crippen molar-refractivity contribution >= 4 is 16.9 Å². The lowest BCUT2D eigenvalue weighted by Crippen LogP contribution is -2.19. The first-order chi connectivity index (χ1) is 11.8. The first kappa shape index (κ1) is 17.3. The predicted molar refractivity (Wildman–Crippen MR) is 83.7 cm³/mol. The number of carbonyl (C=O) groups is 1. The van der Waals surface area contributed by atoms with Crippen molar-refractivity contribution in [2.75, 3.05) is 13.2 Å². The Balaban J connectivity index is 2.14. The maximum Gasteiger partial charge on any atom is 0.418 e. The lowest BCUT2D eigenvalue weighted by Gasteiger charge is -2.14. The van der Waals surface area contributed by atoms with Crippen LogP contribution in [0.15, 0.2) is 23.1 Å². The van der Waals surface area contributed by atoms with E-state index in [0.717, 1.165) is 25.1 Å². The van der Waals surface area contributed by atoms with Crippen molar-refractivity contribution in [3.8, 4) is 5.75 Å². The van der Waals surface area contributed by atoms with E-state index >= 15 is 0 Å². The number of benzene rings is 1. The molecule has 0 amide bonds. The van der Waals surface area contributed by atoms with Crippen molar-refractivity contribution in [1.82, 2.24) is 4.98 Å². The molecule has 8 heteroatoms. The van der Waals surface area contributed by atoms with E-state index in [2.05, 4.69) is 4.98 Å². The summed E-state index contributed by atoms with van der Waals surface area (Å²) in [5, 5.41) is -0.258. The number of rotatable bonds is 5. The second-order valence-electron chi connectivity index (χ2n) is 5.90. The van der Waals surface area contributed by atoms with Gasteiger partial charge < -0.3 is 14.5 Å². The lowest BCUT2D eigenvalue weighted by atomic mass is 10.1. The van der Waals surface area contributed by atoms with Crippen LogP contribution in [0.2, 0.25) is 0 Å². The van der Waals surface area contributed by atoms with Crippen LogP contribution >= 0.6 is 0 Å². The van der Waals surface area contributed by atoms with Crippen molar-refractivity contribution in [2.45, 2.75) is 25.9 Å². The normalized spacial score (nSPS) is 14.6. The van der Waals surface area contributed by atoms with Gasteiger partial charge in [-0.1, -0.05) is 0 Å². The Kier molecular flexibility index (Phi) is 4.45. The minimum absolute atomic E-state index is 0.0433. The number of carbonyl (C=O) groups excluding carboxylic acids is 1. The molecule has 0 unspecified atom stereocenters. The minimum atomic E-state index is -4.68. The molecule has 134 valence electrons. The molecule has 5 nitrogen and oxygen atoms in total. The molecule has 3 rings (SSSR count). The molecule has 1 fully saturated rings. The summed E-state index contributed by atoms with van der Waals surface area (Å²) in [6.45, 7) is 1.92. The van der Waals surface area contributed by atoms with Crippen LogP contribution in [0.1, 0.15) is 35.7 Å². The first-order valence-corrected chi connectivity index (χ1v) is 7.87. The Morgan fingerprint density at radius 1 is 1.32 bits per heavy atom. The van der Waals surface area contributed by atoms with Gasteiger partial charge in [0.2, 0.25) is 5.43 Å². The topological polar surface area (TPSA) is 68.4 Å². The van der Waals surface area contributed by atoms with Gasteiger partial charge in [-0.25, -0.2) is 4.79 Å². The summed E-state index contributed by atoms with van der Waals surface area (Å²) in [4.78, 5) is 26.7. The third-order valence-corrected chi connectivity index (χ3v) is 3.95. The summed E-state index contributed by atoms with van der Waals surface area (Å²) >= 11 is 0. The summed E-state index contributed by atoms with van der Waals surface area (Å²) < 4.78 is 50.2. The number of aromatic nitrogens is 1. The SMILES string of the molecule is CCOC(=O)c1c[nH]c2c(C(F)(F)F)cc(OCC3CC3)cc2c1=O. The van der Waals surface area contributed by atoms with Gasteiger partial charge in [-0.15, -0.1) is 0 Å². The van der Waals surface area contributed by atoms with Crippen LogP contribution in [0.4, 0.5) is 13.2 Å². The summed E-state index contributed by atoms with van der Waals surface area (Å²) in [7, 11) is 0. The summed E-state index contributed by atoms with van der Waals surface area (Å²) in [6, 6.07) is 2.10. The Labute approximate surface area is 140 Å². The van der Waals surface area contributed by atoms with Gasteiger partial charge in [-0.05, 0) is 37.8 Å². The number of esters is 1. The van der Waals surface area contributed by atoms with Gasteiger partial charge in [-0.3, -0.25) is 4.79 Å². The second kappa shape index (κ2) is 6.42. The first-order valence-electron chi connectivity index (χ1n) is 7.87. The summed E-state index contributed by atoms with van der Waals surface area (Å²) in [5.41, 5.74) is -2.57. The maximum atomic E-state index is 13.4. The van der Waals surface area contributed by atoms with Gasteiger partial charge in [0, 0.05) is 6.20 Å². The van der Waals surface area contributed by atoms with Gasteiger partial charge >= 0.3 is 12.1 Å². The number of pyridine rings is 1. The number of alkyl halides is 3. The van der Waals surface area contributed by atoms with E-state index in [1.807, 2.05) is 0 Å². The predicted octanol–water partition coefficient (Wildman–Crippen LogP) is 3.51. The van der Waals surface area contributed by atoms with E-state index < -0.39 is 23.1 Å². The number of H-pyrrole nitrogens is 1. The zero-order valence-corrected chi connectivity index (χ0v) is 13.4. The molecule has 25 heavy (non-hydrogen) atoms. The molecule has 0 aliphatic heterocycles. The van der Waals surface area contributed by atoms with Crippen molar-refractivity contribution < 1.29 is 27.4 Å². The molecule has 1 aliphatic carbocycles. The highest BCUT2D eigenvalue weighted by atomic mass is 19.4. The van der Waals surface area contributed by atoms with Crippen LogP contribution in [-0.4, -0.2) is 24.2 Å². The van der Waals surface area contributed by atoms with E-state index in [-0.39, 0.29) is 28.8 Å². The molecule has 1 N–H and O–H groups in total. The largest absolute Gasteiger partial charge is 0.493 e. The molecule has 1 aliphatic rings.